The maximum atomic E-state index is 13.3. The van der Waals surface area contributed by atoms with Gasteiger partial charge in [-0.25, -0.2) is 4.39 Å². The van der Waals surface area contributed by atoms with Gasteiger partial charge in [-0.1, -0.05) is 18.2 Å². The summed E-state index contributed by atoms with van der Waals surface area (Å²) in [5.41, 5.74) is 0.876. The Morgan fingerprint density at radius 1 is 1.12 bits per heavy atom. The first-order valence-corrected chi connectivity index (χ1v) is 9.69. The quantitative estimate of drug-likeness (QED) is 0.556. The van der Waals surface area contributed by atoms with E-state index in [9.17, 15) is 4.39 Å². The Labute approximate surface area is 151 Å². The molecule has 5 nitrogen and oxygen atoms in total. The highest BCUT2D eigenvalue weighted by Gasteiger charge is 2.18. The van der Waals surface area contributed by atoms with E-state index in [4.69, 9.17) is 5.26 Å². The molecule has 0 aliphatic carbocycles. The lowest BCUT2D eigenvalue weighted by Gasteiger charge is -2.26. The minimum atomic E-state index is -0.252. The molecule has 0 spiro atoms. The highest BCUT2D eigenvalue weighted by molar-refractivity contribution is 7.99. The van der Waals surface area contributed by atoms with Gasteiger partial charge in [0, 0.05) is 17.9 Å². The van der Waals surface area contributed by atoms with Gasteiger partial charge >= 0.3 is 0 Å². The molecular weight excluding hydrogens is 337 g/mol. The summed E-state index contributed by atoms with van der Waals surface area (Å²) in [6.45, 7) is 2.92. The molecule has 1 aliphatic rings. The summed E-state index contributed by atoms with van der Waals surface area (Å²) in [5.74, 6) is 1.45. The van der Waals surface area contributed by atoms with Gasteiger partial charge in [-0.2, -0.15) is 5.26 Å². The predicted octanol–water partition coefficient (Wildman–Crippen LogP) is 3.79. The van der Waals surface area contributed by atoms with Crippen LogP contribution < -0.4 is 0 Å². The van der Waals surface area contributed by atoms with E-state index in [2.05, 4.69) is 21.2 Å². The Morgan fingerprint density at radius 2 is 1.88 bits per heavy atom. The average molecular weight is 359 g/mol. The number of aromatic nitrogens is 3. The summed E-state index contributed by atoms with van der Waals surface area (Å²) in [5, 5.41) is 18.2. The van der Waals surface area contributed by atoms with Crippen molar-refractivity contribution >= 4 is 11.8 Å². The first kappa shape index (κ1) is 17.9. The van der Waals surface area contributed by atoms with Gasteiger partial charge in [0.15, 0.2) is 11.0 Å². The normalized spacial score (nSPS) is 15.2. The Kier molecular flexibility index (Phi) is 6.42. The number of likely N-dealkylation sites (tertiary alicyclic amines) is 1. The fourth-order valence-corrected chi connectivity index (χ4v) is 3.89. The van der Waals surface area contributed by atoms with Crippen LogP contribution in [0.5, 0.6) is 0 Å². The topological polar surface area (TPSA) is 57.7 Å². The van der Waals surface area contributed by atoms with Gasteiger partial charge in [0.05, 0.1) is 12.6 Å². The van der Waals surface area contributed by atoms with Crippen molar-refractivity contribution in [1.29, 1.82) is 5.26 Å². The highest BCUT2D eigenvalue weighted by atomic mass is 32.2. The SMILES string of the molecule is N#CCCCSc1nnc(CN2CCCCC2)n1-c1ccc(F)cc1. The first-order valence-electron chi connectivity index (χ1n) is 8.70. The van der Waals surface area contributed by atoms with Gasteiger partial charge in [0.25, 0.3) is 0 Å². The number of nitrogens with zero attached hydrogens (tertiary/aromatic N) is 5. The third-order valence-corrected chi connectivity index (χ3v) is 5.28. The molecule has 132 valence electrons. The Hall–Kier alpha value is -1.91. The van der Waals surface area contributed by atoms with Gasteiger partial charge in [-0.05, 0) is 56.6 Å². The predicted molar refractivity (Wildman–Crippen MR) is 96.0 cm³/mol. The van der Waals surface area contributed by atoms with Crippen LogP contribution in [0.2, 0.25) is 0 Å². The summed E-state index contributed by atoms with van der Waals surface area (Å²) >= 11 is 1.59. The van der Waals surface area contributed by atoms with E-state index in [1.165, 1.54) is 31.4 Å². The van der Waals surface area contributed by atoms with E-state index < -0.39 is 0 Å². The second kappa shape index (κ2) is 8.97. The summed E-state index contributed by atoms with van der Waals surface area (Å²) in [7, 11) is 0. The van der Waals surface area contributed by atoms with Gasteiger partial charge in [-0.3, -0.25) is 9.47 Å². The zero-order chi connectivity index (χ0) is 17.5. The van der Waals surface area contributed by atoms with Crippen molar-refractivity contribution in [2.75, 3.05) is 18.8 Å². The molecule has 1 aromatic carbocycles. The number of hydrogen-bond acceptors (Lipinski definition) is 5. The third-order valence-electron chi connectivity index (χ3n) is 4.26. The fraction of sp³-hybridized carbons (Fsp3) is 0.500. The van der Waals surface area contributed by atoms with Crippen molar-refractivity contribution in [1.82, 2.24) is 19.7 Å². The van der Waals surface area contributed by atoms with E-state index >= 15 is 0 Å². The standard InChI is InChI=1S/C18H22FN5S/c19-15-6-8-16(9-7-15)24-17(14-23-11-3-1-4-12-23)21-22-18(24)25-13-5-2-10-20/h6-9H,1-5,11-14H2. The molecule has 0 unspecified atom stereocenters. The minimum Gasteiger partial charge on any atom is -0.296 e. The minimum absolute atomic E-state index is 0.252. The lowest BCUT2D eigenvalue weighted by Crippen LogP contribution is -2.30. The van der Waals surface area contributed by atoms with Crippen LogP contribution in [-0.4, -0.2) is 38.5 Å². The number of piperidine rings is 1. The second-order valence-electron chi connectivity index (χ2n) is 6.16. The van der Waals surface area contributed by atoms with Crippen LogP contribution in [0, 0.1) is 17.1 Å². The van der Waals surface area contributed by atoms with Crippen LogP contribution in [0.25, 0.3) is 5.69 Å². The van der Waals surface area contributed by atoms with Crippen molar-refractivity contribution in [3.05, 3.63) is 35.9 Å². The first-order chi connectivity index (χ1) is 12.3. The Balaban J connectivity index is 1.82. The molecule has 1 aromatic heterocycles. The van der Waals surface area contributed by atoms with Crippen molar-refractivity contribution in [2.24, 2.45) is 0 Å². The van der Waals surface area contributed by atoms with Gasteiger partial charge in [0.1, 0.15) is 5.82 Å². The van der Waals surface area contributed by atoms with Crippen LogP contribution >= 0.6 is 11.8 Å². The molecule has 0 radical (unpaired) electrons. The summed E-state index contributed by atoms with van der Waals surface area (Å²) in [4.78, 5) is 2.40. The zero-order valence-electron chi connectivity index (χ0n) is 14.2. The maximum absolute atomic E-state index is 13.3. The molecule has 3 rings (SSSR count). The van der Waals surface area contributed by atoms with E-state index in [-0.39, 0.29) is 5.82 Å². The highest BCUT2D eigenvalue weighted by Crippen LogP contribution is 2.24. The molecule has 2 aromatic rings. The van der Waals surface area contributed by atoms with Crippen molar-refractivity contribution < 1.29 is 4.39 Å². The molecule has 0 bridgehead atoms. The molecule has 0 amide bonds. The molecule has 25 heavy (non-hydrogen) atoms. The maximum Gasteiger partial charge on any atom is 0.195 e. The van der Waals surface area contributed by atoms with Crippen LogP contribution in [0.15, 0.2) is 29.4 Å². The Morgan fingerprint density at radius 3 is 2.60 bits per heavy atom. The molecular formula is C18H22FN5S. The van der Waals surface area contributed by atoms with Crippen molar-refractivity contribution in [3.8, 4) is 11.8 Å². The fourth-order valence-electron chi connectivity index (χ4n) is 2.98. The second-order valence-corrected chi connectivity index (χ2v) is 7.22. The van der Waals surface area contributed by atoms with Crippen LogP contribution in [0.3, 0.4) is 0 Å². The molecule has 0 N–H and O–H groups in total. The van der Waals surface area contributed by atoms with E-state index in [0.29, 0.717) is 6.42 Å². The molecule has 2 heterocycles. The smallest absolute Gasteiger partial charge is 0.195 e. The van der Waals surface area contributed by atoms with Crippen molar-refractivity contribution in [2.45, 2.75) is 43.8 Å². The molecule has 1 saturated heterocycles. The number of unbranched alkanes of at least 4 members (excludes halogenated alkanes) is 1. The van der Waals surface area contributed by atoms with Crippen LogP contribution in [0.4, 0.5) is 4.39 Å². The number of halogens is 1. The lowest BCUT2D eigenvalue weighted by molar-refractivity contribution is 0.214. The van der Waals surface area contributed by atoms with E-state index in [0.717, 1.165) is 48.5 Å². The number of nitriles is 1. The molecule has 1 aliphatic heterocycles. The van der Waals surface area contributed by atoms with Crippen molar-refractivity contribution in [3.63, 3.8) is 0 Å². The number of rotatable bonds is 7. The number of hydrogen-bond donors (Lipinski definition) is 0. The molecule has 0 saturated carbocycles. The summed E-state index contributed by atoms with van der Waals surface area (Å²) < 4.78 is 15.3. The Bertz CT molecular complexity index is 716. The van der Waals surface area contributed by atoms with Crippen LogP contribution in [0.1, 0.15) is 37.9 Å². The van der Waals surface area contributed by atoms with E-state index in [1.54, 1.807) is 23.9 Å². The van der Waals surface area contributed by atoms with Gasteiger partial charge in [0.2, 0.25) is 0 Å². The largest absolute Gasteiger partial charge is 0.296 e. The summed E-state index contributed by atoms with van der Waals surface area (Å²) in [6.07, 6.45) is 5.10. The molecule has 1 fully saturated rings. The monoisotopic (exact) mass is 359 g/mol. The number of benzene rings is 1. The van der Waals surface area contributed by atoms with Crippen LogP contribution in [-0.2, 0) is 6.54 Å². The van der Waals surface area contributed by atoms with Gasteiger partial charge < -0.3 is 0 Å². The summed E-state index contributed by atoms with van der Waals surface area (Å²) in [6, 6.07) is 8.61. The molecule has 0 atom stereocenters. The lowest BCUT2D eigenvalue weighted by atomic mass is 10.1. The zero-order valence-corrected chi connectivity index (χ0v) is 15.0. The van der Waals surface area contributed by atoms with Gasteiger partial charge in [-0.15, -0.1) is 10.2 Å². The van der Waals surface area contributed by atoms with E-state index in [1.807, 2.05) is 4.57 Å². The average Bonchev–Trinajstić information content (AvgIpc) is 3.03. The number of thioether (sulfide) groups is 1. The molecule has 7 heteroatoms. The third kappa shape index (κ3) is 4.80.